The summed E-state index contributed by atoms with van der Waals surface area (Å²) in [4.78, 5) is 23.7. The van der Waals surface area contributed by atoms with Gasteiger partial charge in [0.05, 0.1) is 24.1 Å². The zero-order valence-electron chi connectivity index (χ0n) is 16.5. The zero-order chi connectivity index (χ0) is 20.8. The first-order valence-corrected chi connectivity index (χ1v) is 9.16. The van der Waals surface area contributed by atoms with Crippen molar-refractivity contribution in [3.05, 3.63) is 65.2 Å². The van der Waals surface area contributed by atoms with Crippen molar-refractivity contribution in [2.75, 3.05) is 6.61 Å². The number of esters is 1. The number of ether oxygens (including phenoxy) is 1. The topological polar surface area (TPSA) is 98.7 Å². The van der Waals surface area contributed by atoms with Gasteiger partial charge in [0.2, 0.25) is 0 Å². The van der Waals surface area contributed by atoms with Crippen LogP contribution in [0.3, 0.4) is 0 Å². The molecule has 8 nitrogen and oxygen atoms in total. The number of carbonyl (C=O) groups is 2. The maximum absolute atomic E-state index is 12.0. The van der Waals surface area contributed by atoms with E-state index in [4.69, 9.17) is 9.15 Å². The summed E-state index contributed by atoms with van der Waals surface area (Å²) >= 11 is 0. The summed E-state index contributed by atoms with van der Waals surface area (Å²) in [6.07, 6.45) is 1.43. The highest BCUT2D eigenvalue weighted by molar-refractivity contribution is 5.90. The lowest BCUT2D eigenvalue weighted by Gasteiger charge is -2.02. The summed E-state index contributed by atoms with van der Waals surface area (Å²) in [5.41, 5.74) is 5.51. The number of carbonyl (C=O) groups excluding carboxylic acids is 2. The molecule has 0 aliphatic carbocycles. The van der Waals surface area contributed by atoms with Crippen LogP contribution in [0.2, 0.25) is 0 Å². The summed E-state index contributed by atoms with van der Waals surface area (Å²) < 4.78 is 12.3. The molecule has 0 aliphatic rings. The number of hydrazone groups is 1. The molecule has 8 heteroatoms. The van der Waals surface area contributed by atoms with E-state index in [0.29, 0.717) is 23.7 Å². The maximum atomic E-state index is 12.0. The van der Waals surface area contributed by atoms with Crippen LogP contribution in [-0.4, -0.2) is 34.5 Å². The predicted molar refractivity (Wildman–Crippen MR) is 108 cm³/mol. The van der Waals surface area contributed by atoms with Gasteiger partial charge in [0.1, 0.15) is 18.1 Å². The molecule has 2 aromatic heterocycles. The lowest BCUT2D eigenvalue weighted by atomic mass is 10.1. The molecule has 1 aromatic carbocycles. The largest absolute Gasteiger partial charge is 0.462 e. The van der Waals surface area contributed by atoms with Crippen molar-refractivity contribution >= 4 is 18.1 Å². The second-order valence-electron chi connectivity index (χ2n) is 6.38. The van der Waals surface area contributed by atoms with Gasteiger partial charge in [0.15, 0.2) is 0 Å². The van der Waals surface area contributed by atoms with Crippen molar-refractivity contribution in [1.29, 1.82) is 0 Å². The van der Waals surface area contributed by atoms with E-state index in [-0.39, 0.29) is 18.4 Å². The highest BCUT2D eigenvalue weighted by Crippen LogP contribution is 2.22. The summed E-state index contributed by atoms with van der Waals surface area (Å²) in [5, 5.41) is 8.16. The van der Waals surface area contributed by atoms with Gasteiger partial charge < -0.3 is 9.15 Å². The Bertz CT molecular complexity index is 1030. The van der Waals surface area contributed by atoms with E-state index in [9.17, 15) is 9.59 Å². The number of amides is 1. The number of hydrogen-bond acceptors (Lipinski definition) is 6. The van der Waals surface area contributed by atoms with Crippen molar-refractivity contribution in [3.63, 3.8) is 0 Å². The van der Waals surface area contributed by atoms with Gasteiger partial charge in [-0.2, -0.15) is 10.2 Å². The van der Waals surface area contributed by atoms with Crippen LogP contribution >= 0.6 is 0 Å². The third kappa shape index (κ3) is 5.19. The summed E-state index contributed by atoms with van der Waals surface area (Å²) in [5.74, 6) is 0.466. The number of hydrogen-bond donors (Lipinski definition) is 1. The second-order valence-corrected chi connectivity index (χ2v) is 6.38. The Labute approximate surface area is 168 Å². The second kappa shape index (κ2) is 9.01. The summed E-state index contributed by atoms with van der Waals surface area (Å²) in [7, 11) is 0. The smallest absolute Gasteiger partial charge is 0.338 e. The first kappa shape index (κ1) is 20.1. The zero-order valence-corrected chi connectivity index (χ0v) is 16.5. The van der Waals surface area contributed by atoms with Crippen LogP contribution in [0.25, 0.3) is 11.3 Å². The SMILES string of the molecule is CCOC(=O)c1ccc(-c2ccc(/C=N/NC(=O)Cn3nc(C)cc3C)o2)cc1. The van der Waals surface area contributed by atoms with Crippen LogP contribution in [0.1, 0.15) is 34.4 Å². The van der Waals surface area contributed by atoms with E-state index in [1.165, 1.54) is 6.21 Å². The van der Waals surface area contributed by atoms with Gasteiger partial charge >= 0.3 is 5.97 Å². The minimum atomic E-state index is -0.359. The average Bonchev–Trinajstić information content (AvgIpc) is 3.28. The molecule has 29 heavy (non-hydrogen) atoms. The van der Waals surface area contributed by atoms with Gasteiger partial charge in [-0.3, -0.25) is 9.48 Å². The molecule has 0 spiro atoms. The molecule has 0 unspecified atom stereocenters. The van der Waals surface area contributed by atoms with E-state index in [0.717, 1.165) is 17.0 Å². The minimum absolute atomic E-state index is 0.0905. The number of benzene rings is 1. The van der Waals surface area contributed by atoms with Crippen molar-refractivity contribution in [2.45, 2.75) is 27.3 Å². The summed E-state index contributed by atoms with van der Waals surface area (Å²) in [6.45, 7) is 5.95. The van der Waals surface area contributed by atoms with Crippen molar-refractivity contribution < 1.29 is 18.7 Å². The van der Waals surface area contributed by atoms with Gasteiger partial charge in [-0.1, -0.05) is 12.1 Å². The van der Waals surface area contributed by atoms with Crippen LogP contribution in [0.4, 0.5) is 0 Å². The van der Waals surface area contributed by atoms with E-state index < -0.39 is 0 Å². The molecule has 1 N–H and O–H groups in total. The first-order chi connectivity index (χ1) is 14.0. The quantitative estimate of drug-likeness (QED) is 0.377. The van der Waals surface area contributed by atoms with E-state index in [1.807, 2.05) is 19.9 Å². The molecule has 0 saturated carbocycles. The summed E-state index contributed by atoms with van der Waals surface area (Å²) in [6, 6.07) is 12.4. The van der Waals surface area contributed by atoms with Crippen molar-refractivity contribution in [2.24, 2.45) is 5.10 Å². The Morgan fingerprint density at radius 2 is 1.97 bits per heavy atom. The average molecular weight is 394 g/mol. The molecule has 0 aliphatic heterocycles. The van der Waals surface area contributed by atoms with E-state index >= 15 is 0 Å². The fraction of sp³-hybridized carbons (Fsp3) is 0.238. The third-order valence-electron chi connectivity index (χ3n) is 4.09. The van der Waals surface area contributed by atoms with Crippen molar-refractivity contribution in [3.8, 4) is 11.3 Å². The number of furan rings is 1. The Morgan fingerprint density at radius 3 is 2.62 bits per heavy atom. The van der Waals surface area contributed by atoms with E-state index in [2.05, 4.69) is 15.6 Å². The lowest BCUT2D eigenvalue weighted by Crippen LogP contribution is -2.24. The van der Waals surface area contributed by atoms with Crippen LogP contribution in [0.5, 0.6) is 0 Å². The molecule has 0 radical (unpaired) electrons. The van der Waals surface area contributed by atoms with E-state index in [1.54, 1.807) is 48.0 Å². The normalized spacial score (nSPS) is 11.0. The van der Waals surface area contributed by atoms with Crippen molar-refractivity contribution in [1.82, 2.24) is 15.2 Å². The van der Waals surface area contributed by atoms with Gasteiger partial charge in [0, 0.05) is 11.3 Å². The fourth-order valence-corrected chi connectivity index (χ4v) is 2.74. The number of nitrogens with one attached hydrogen (secondary N) is 1. The Kier molecular flexibility index (Phi) is 6.23. The van der Waals surface area contributed by atoms with Gasteiger partial charge in [0.25, 0.3) is 5.91 Å². The molecule has 3 rings (SSSR count). The highest BCUT2D eigenvalue weighted by Gasteiger charge is 2.09. The lowest BCUT2D eigenvalue weighted by molar-refractivity contribution is -0.121. The molecule has 1 amide bonds. The van der Waals surface area contributed by atoms with Crippen LogP contribution in [-0.2, 0) is 16.1 Å². The molecule has 2 heterocycles. The van der Waals surface area contributed by atoms with Gasteiger partial charge in [-0.05, 0) is 51.1 Å². The molecule has 0 bridgehead atoms. The number of aromatic nitrogens is 2. The number of aryl methyl sites for hydroxylation is 2. The molecular weight excluding hydrogens is 372 g/mol. The number of rotatable bonds is 7. The highest BCUT2D eigenvalue weighted by atomic mass is 16.5. The predicted octanol–water partition coefficient (Wildman–Crippen LogP) is 3.09. The standard InChI is InChI=1S/C21H22N4O4/c1-4-28-21(27)17-7-5-16(6-8-17)19-10-9-18(29-19)12-22-23-20(26)13-25-15(3)11-14(2)24-25/h5-12H,4,13H2,1-3H3,(H,23,26)/b22-12+. The third-order valence-corrected chi connectivity index (χ3v) is 4.09. The molecular formula is C21H22N4O4. The maximum Gasteiger partial charge on any atom is 0.338 e. The van der Waals surface area contributed by atoms with Crippen LogP contribution < -0.4 is 5.43 Å². The molecule has 0 saturated heterocycles. The molecule has 150 valence electrons. The minimum Gasteiger partial charge on any atom is -0.462 e. The Balaban J connectivity index is 1.57. The van der Waals surface area contributed by atoms with Crippen LogP contribution in [0, 0.1) is 13.8 Å². The fourth-order valence-electron chi connectivity index (χ4n) is 2.74. The monoisotopic (exact) mass is 394 g/mol. The van der Waals surface area contributed by atoms with Gasteiger partial charge in [-0.25, -0.2) is 10.2 Å². The Hall–Kier alpha value is -3.68. The first-order valence-electron chi connectivity index (χ1n) is 9.16. The number of nitrogens with zero attached hydrogens (tertiary/aromatic N) is 3. The van der Waals surface area contributed by atoms with Gasteiger partial charge in [-0.15, -0.1) is 0 Å². The molecule has 0 atom stereocenters. The molecule has 3 aromatic rings. The Morgan fingerprint density at radius 1 is 1.21 bits per heavy atom. The molecule has 0 fully saturated rings. The van der Waals surface area contributed by atoms with Crippen LogP contribution in [0.15, 0.2) is 52.0 Å².